The van der Waals surface area contributed by atoms with E-state index < -0.39 is 18.3 Å². The zero-order valence-corrected chi connectivity index (χ0v) is 22.2. The monoisotopic (exact) mass is 502 g/mol. The number of hydrogen-bond acceptors (Lipinski definition) is 4. The summed E-state index contributed by atoms with van der Waals surface area (Å²) >= 11 is 1.84. The second-order valence-electron chi connectivity index (χ2n) is 10.9. The smallest absolute Gasteiger partial charge is 0.464 e. The lowest BCUT2D eigenvalue weighted by Crippen LogP contribution is -2.41. The predicted molar refractivity (Wildman–Crippen MR) is 156 cm³/mol. The molecule has 0 bridgehead atoms. The Bertz CT molecular complexity index is 1790. The van der Waals surface area contributed by atoms with Crippen LogP contribution in [0.5, 0.6) is 0 Å². The van der Waals surface area contributed by atoms with Gasteiger partial charge in [0.1, 0.15) is 5.58 Å². The lowest BCUT2D eigenvalue weighted by Gasteiger charge is -2.32. The van der Waals surface area contributed by atoms with E-state index >= 15 is 0 Å². The van der Waals surface area contributed by atoms with Crippen molar-refractivity contribution in [2.45, 2.75) is 38.9 Å². The molecule has 0 unspecified atom stereocenters. The quantitative estimate of drug-likeness (QED) is 0.228. The van der Waals surface area contributed by atoms with Crippen LogP contribution in [0.2, 0.25) is 0 Å². The lowest BCUT2D eigenvalue weighted by atomic mass is 9.76. The summed E-state index contributed by atoms with van der Waals surface area (Å²) in [6.07, 6.45) is 1.74. The minimum atomic E-state index is -0.436. The molecule has 4 aromatic carbocycles. The van der Waals surface area contributed by atoms with E-state index in [2.05, 4.69) is 100 Å². The largest absolute Gasteiger partial charge is 0.494 e. The summed E-state index contributed by atoms with van der Waals surface area (Å²) in [5.41, 5.74) is 5.70. The molecule has 6 aromatic rings. The van der Waals surface area contributed by atoms with E-state index in [0.717, 1.165) is 33.1 Å². The van der Waals surface area contributed by atoms with E-state index in [9.17, 15) is 0 Å². The van der Waals surface area contributed by atoms with Crippen molar-refractivity contribution in [3.05, 3.63) is 91.2 Å². The highest BCUT2D eigenvalue weighted by Gasteiger charge is 2.51. The first-order chi connectivity index (χ1) is 17.8. The molecule has 1 aliphatic rings. The Hall–Kier alpha value is -3.38. The first-order valence-electron chi connectivity index (χ1n) is 12.7. The average molecular weight is 502 g/mol. The van der Waals surface area contributed by atoms with Crippen LogP contribution in [0, 0.1) is 0 Å². The average Bonchev–Trinajstić information content (AvgIpc) is 3.56. The summed E-state index contributed by atoms with van der Waals surface area (Å²) in [7, 11) is -0.436. The lowest BCUT2D eigenvalue weighted by molar-refractivity contribution is 0.00578. The molecule has 0 spiro atoms. The molecule has 2 aromatic heterocycles. The van der Waals surface area contributed by atoms with Crippen LogP contribution < -0.4 is 5.46 Å². The zero-order chi connectivity index (χ0) is 25.4. The number of fused-ring (bicyclic) bond motifs is 4. The third kappa shape index (κ3) is 3.73. The Morgan fingerprint density at radius 2 is 1.30 bits per heavy atom. The van der Waals surface area contributed by atoms with Crippen LogP contribution in [0.4, 0.5) is 0 Å². The van der Waals surface area contributed by atoms with E-state index in [1.165, 1.54) is 25.7 Å². The minimum Gasteiger partial charge on any atom is -0.464 e. The SMILES string of the molecule is CC1(C)OB(c2cc(-c3ccc4occc4c3)cc(-c3ccc4c(c3)sc3ccccc34)c2)OC1(C)C. The summed E-state index contributed by atoms with van der Waals surface area (Å²) < 4.78 is 21.1. The van der Waals surface area contributed by atoms with E-state index in [1.807, 2.05) is 23.5 Å². The van der Waals surface area contributed by atoms with Gasteiger partial charge in [-0.3, -0.25) is 0 Å². The molecule has 1 fully saturated rings. The number of benzene rings is 4. The Kier molecular flexibility index (Phi) is 4.97. The molecular weight excluding hydrogens is 475 g/mol. The number of furan rings is 1. The van der Waals surface area contributed by atoms with Gasteiger partial charge in [-0.15, -0.1) is 11.3 Å². The predicted octanol–water partition coefficient (Wildman–Crippen LogP) is 8.43. The van der Waals surface area contributed by atoms with Gasteiger partial charge in [-0.2, -0.15) is 0 Å². The molecule has 37 heavy (non-hydrogen) atoms. The van der Waals surface area contributed by atoms with Crippen molar-refractivity contribution in [3.63, 3.8) is 0 Å². The topological polar surface area (TPSA) is 31.6 Å². The maximum absolute atomic E-state index is 6.46. The Morgan fingerprint density at radius 1 is 0.622 bits per heavy atom. The van der Waals surface area contributed by atoms with Crippen molar-refractivity contribution in [1.82, 2.24) is 0 Å². The molecule has 1 saturated heterocycles. The maximum Gasteiger partial charge on any atom is 0.494 e. The highest BCUT2D eigenvalue weighted by molar-refractivity contribution is 7.25. The molecule has 3 nitrogen and oxygen atoms in total. The van der Waals surface area contributed by atoms with Gasteiger partial charge in [-0.1, -0.05) is 48.5 Å². The number of hydrogen-bond donors (Lipinski definition) is 0. The van der Waals surface area contributed by atoms with Crippen molar-refractivity contribution >= 4 is 55.1 Å². The van der Waals surface area contributed by atoms with E-state index in [4.69, 9.17) is 13.7 Å². The fraction of sp³-hybridized carbons (Fsp3) is 0.188. The van der Waals surface area contributed by atoms with Crippen LogP contribution in [-0.4, -0.2) is 18.3 Å². The van der Waals surface area contributed by atoms with Crippen LogP contribution in [0.15, 0.2) is 95.6 Å². The maximum atomic E-state index is 6.46. The molecule has 7 rings (SSSR count). The van der Waals surface area contributed by atoms with Crippen molar-refractivity contribution in [1.29, 1.82) is 0 Å². The molecule has 0 atom stereocenters. The van der Waals surface area contributed by atoms with Gasteiger partial charge in [0.2, 0.25) is 0 Å². The summed E-state index contributed by atoms with van der Waals surface area (Å²) in [6.45, 7) is 8.39. The molecule has 0 N–H and O–H groups in total. The summed E-state index contributed by atoms with van der Waals surface area (Å²) in [5, 5.41) is 3.71. The second-order valence-corrected chi connectivity index (χ2v) is 12.0. The van der Waals surface area contributed by atoms with Crippen molar-refractivity contribution in [3.8, 4) is 22.3 Å². The third-order valence-corrected chi connectivity index (χ3v) is 9.11. The van der Waals surface area contributed by atoms with Crippen LogP contribution in [0.1, 0.15) is 27.7 Å². The molecule has 0 radical (unpaired) electrons. The van der Waals surface area contributed by atoms with Gasteiger partial charge in [0.25, 0.3) is 0 Å². The summed E-state index contributed by atoms with van der Waals surface area (Å²) in [6, 6.07) is 30.4. The zero-order valence-electron chi connectivity index (χ0n) is 21.4. The number of thiophene rings is 1. The highest BCUT2D eigenvalue weighted by Crippen LogP contribution is 2.39. The number of rotatable bonds is 3. The van der Waals surface area contributed by atoms with Crippen molar-refractivity contribution in [2.75, 3.05) is 0 Å². The minimum absolute atomic E-state index is 0.403. The Balaban J connectivity index is 1.40. The van der Waals surface area contributed by atoms with Gasteiger partial charge < -0.3 is 13.7 Å². The first kappa shape index (κ1) is 22.8. The van der Waals surface area contributed by atoms with E-state index in [-0.39, 0.29) is 0 Å². The summed E-state index contributed by atoms with van der Waals surface area (Å²) in [5.74, 6) is 0. The van der Waals surface area contributed by atoms with Crippen LogP contribution >= 0.6 is 11.3 Å². The Morgan fingerprint density at radius 3 is 2.08 bits per heavy atom. The van der Waals surface area contributed by atoms with E-state index in [1.54, 1.807) is 6.26 Å². The molecule has 5 heteroatoms. The molecule has 182 valence electrons. The van der Waals surface area contributed by atoms with Crippen molar-refractivity contribution in [2.24, 2.45) is 0 Å². The van der Waals surface area contributed by atoms with Gasteiger partial charge >= 0.3 is 7.12 Å². The van der Waals surface area contributed by atoms with Gasteiger partial charge in [-0.25, -0.2) is 0 Å². The van der Waals surface area contributed by atoms with Crippen molar-refractivity contribution < 1.29 is 13.7 Å². The van der Waals surface area contributed by atoms with Gasteiger partial charge in [0.15, 0.2) is 0 Å². The second kappa shape index (κ2) is 8.06. The molecule has 1 aliphatic heterocycles. The molecule has 3 heterocycles. The molecular formula is C32H27BO3S. The third-order valence-electron chi connectivity index (χ3n) is 7.98. The van der Waals surface area contributed by atoms with Gasteiger partial charge in [0.05, 0.1) is 17.5 Å². The van der Waals surface area contributed by atoms with Gasteiger partial charge in [0, 0.05) is 25.6 Å². The molecule has 0 aliphatic carbocycles. The fourth-order valence-electron chi connectivity index (χ4n) is 5.15. The standard InChI is InChI=1S/C32H27BO3S/c1-31(2)32(3,4)36-33(35-31)25-17-23(20-10-12-28-22(15-20)13-14-34-28)16-24(18-25)21-9-11-27-26-7-5-6-8-29(26)37-30(27)19-21/h5-19H,1-4H3. The van der Waals surface area contributed by atoms with Crippen LogP contribution in [0.3, 0.4) is 0 Å². The van der Waals surface area contributed by atoms with Gasteiger partial charge in [-0.05, 0) is 91.8 Å². The summed E-state index contributed by atoms with van der Waals surface area (Å²) in [4.78, 5) is 0. The van der Waals surface area contributed by atoms with Crippen LogP contribution in [-0.2, 0) is 9.31 Å². The molecule has 0 amide bonds. The highest BCUT2D eigenvalue weighted by atomic mass is 32.1. The first-order valence-corrected chi connectivity index (χ1v) is 13.5. The van der Waals surface area contributed by atoms with E-state index in [0.29, 0.717) is 0 Å². The Labute approximate surface area is 220 Å². The molecule has 0 saturated carbocycles. The van der Waals surface area contributed by atoms with Crippen LogP contribution in [0.25, 0.3) is 53.4 Å². The fourth-order valence-corrected chi connectivity index (χ4v) is 6.30. The normalized spacial score (nSPS) is 16.8.